The summed E-state index contributed by atoms with van der Waals surface area (Å²) < 4.78 is 7.01. The van der Waals surface area contributed by atoms with E-state index in [9.17, 15) is 9.59 Å². The molecule has 0 saturated heterocycles. The van der Waals surface area contributed by atoms with Crippen molar-refractivity contribution in [1.82, 2.24) is 14.8 Å². The van der Waals surface area contributed by atoms with Crippen molar-refractivity contribution in [1.29, 1.82) is 0 Å². The minimum absolute atomic E-state index is 0.166. The van der Waals surface area contributed by atoms with Crippen LogP contribution in [0.1, 0.15) is 41.2 Å². The number of hydrogen-bond acceptors (Lipinski definition) is 7. The Morgan fingerprint density at radius 2 is 1.97 bits per heavy atom. The highest BCUT2D eigenvalue weighted by atomic mass is 32.2. The monoisotopic (exact) mass is 458 g/mol. The van der Waals surface area contributed by atoms with Crippen molar-refractivity contribution in [2.75, 3.05) is 18.2 Å². The normalized spacial score (nSPS) is 10.9. The van der Waals surface area contributed by atoms with Gasteiger partial charge in [-0.2, -0.15) is 0 Å². The zero-order valence-corrected chi connectivity index (χ0v) is 19.9. The number of aryl methyl sites for hydroxylation is 3. The van der Waals surface area contributed by atoms with Gasteiger partial charge in [0, 0.05) is 23.9 Å². The summed E-state index contributed by atoms with van der Waals surface area (Å²) >= 11 is 2.65. The van der Waals surface area contributed by atoms with E-state index in [-0.39, 0.29) is 11.7 Å². The molecule has 3 rings (SSSR count). The summed E-state index contributed by atoms with van der Waals surface area (Å²) in [6, 6.07) is 6.09. The number of rotatable bonds is 8. The molecule has 1 N–H and O–H groups in total. The largest absolute Gasteiger partial charge is 0.465 e. The van der Waals surface area contributed by atoms with Crippen molar-refractivity contribution < 1.29 is 14.3 Å². The molecule has 0 fully saturated rings. The maximum atomic E-state index is 12.7. The first kappa shape index (κ1) is 23.0. The van der Waals surface area contributed by atoms with Gasteiger partial charge in [-0.25, -0.2) is 4.79 Å². The number of ether oxygens (including phenoxy) is 1. The molecule has 0 aliphatic rings. The SMILES string of the molecule is CCc1nnc(SCC(=O)Nc2scc(-c3cc(C)ccc3C)c2C(=O)OC)n1CC. The number of hydrogen-bond donors (Lipinski definition) is 1. The molecule has 0 bridgehead atoms. The van der Waals surface area contributed by atoms with Gasteiger partial charge in [0.05, 0.1) is 12.9 Å². The average Bonchev–Trinajstić information content (AvgIpc) is 3.36. The molecule has 0 aliphatic heterocycles. The second-order valence-corrected chi connectivity index (χ2v) is 8.82. The van der Waals surface area contributed by atoms with Crippen molar-refractivity contribution in [2.45, 2.75) is 45.8 Å². The predicted octanol–water partition coefficient (Wildman–Crippen LogP) is 4.72. The van der Waals surface area contributed by atoms with Crippen LogP contribution in [0.5, 0.6) is 0 Å². The number of carbonyl (C=O) groups excluding carboxylic acids is 2. The Kier molecular flexibility index (Phi) is 7.50. The number of anilines is 1. The van der Waals surface area contributed by atoms with Crippen LogP contribution < -0.4 is 5.32 Å². The van der Waals surface area contributed by atoms with E-state index in [1.165, 1.54) is 30.2 Å². The number of esters is 1. The quantitative estimate of drug-likeness (QED) is 0.388. The first-order chi connectivity index (χ1) is 14.9. The summed E-state index contributed by atoms with van der Waals surface area (Å²) in [7, 11) is 1.34. The molecule has 2 aromatic heterocycles. The van der Waals surface area contributed by atoms with E-state index in [4.69, 9.17) is 4.74 Å². The maximum Gasteiger partial charge on any atom is 0.341 e. The van der Waals surface area contributed by atoms with Crippen LogP contribution in [-0.4, -0.2) is 39.5 Å². The molecule has 1 amide bonds. The predicted molar refractivity (Wildman–Crippen MR) is 125 cm³/mol. The molecule has 1 aromatic carbocycles. The van der Waals surface area contributed by atoms with Gasteiger partial charge in [0.25, 0.3) is 0 Å². The first-order valence-electron chi connectivity index (χ1n) is 10.0. The summed E-state index contributed by atoms with van der Waals surface area (Å²) in [6.07, 6.45) is 0.784. The van der Waals surface area contributed by atoms with Gasteiger partial charge in [0.1, 0.15) is 16.4 Å². The molecular weight excluding hydrogens is 432 g/mol. The van der Waals surface area contributed by atoms with Crippen LogP contribution in [0.15, 0.2) is 28.7 Å². The Labute approximate surface area is 190 Å². The second-order valence-electron chi connectivity index (χ2n) is 7.00. The average molecular weight is 459 g/mol. The highest BCUT2D eigenvalue weighted by Crippen LogP contribution is 2.38. The number of aromatic nitrogens is 3. The van der Waals surface area contributed by atoms with Crippen molar-refractivity contribution in [3.63, 3.8) is 0 Å². The minimum atomic E-state index is -0.474. The summed E-state index contributed by atoms with van der Waals surface area (Å²) in [5.74, 6) is 0.376. The van der Waals surface area contributed by atoms with Gasteiger partial charge < -0.3 is 14.6 Å². The Balaban J connectivity index is 1.82. The fourth-order valence-electron chi connectivity index (χ4n) is 3.28. The van der Waals surface area contributed by atoms with Crippen LogP contribution >= 0.6 is 23.1 Å². The van der Waals surface area contributed by atoms with E-state index in [1.807, 2.05) is 55.8 Å². The molecule has 7 nitrogen and oxygen atoms in total. The third kappa shape index (κ3) is 4.99. The molecule has 9 heteroatoms. The number of nitrogens with zero attached hydrogens (tertiary/aromatic N) is 3. The highest BCUT2D eigenvalue weighted by molar-refractivity contribution is 7.99. The van der Waals surface area contributed by atoms with Crippen LogP contribution in [0.2, 0.25) is 0 Å². The smallest absolute Gasteiger partial charge is 0.341 e. The Morgan fingerprint density at radius 1 is 1.19 bits per heavy atom. The molecule has 164 valence electrons. The lowest BCUT2D eigenvalue weighted by atomic mass is 9.97. The molecule has 3 aromatic rings. The lowest BCUT2D eigenvalue weighted by Gasteiger charge is -2.10. The van der Waals surface area contributed by atoms with E-state index in [2.05, 4.69) is 15.5 Å². The highest BCUT2D eigenvalue weighted by Gasteiger charge is 2.23. The van der Waals surface area contributed by atoms with E-state index in [0.29, 0.717) is 15.7 Å². The van der Waals surface area contributed by atoms with Gasteiger partial charge in [0.2, 0.25) is 5.91 Å². The topological polar surface area (TPSA) is 86.1 Å². The lowest BCUT2D eigenvalue weighted by Crippen LogP contribution is -2.16. The number of thioether (sulfide) groups is 1. The van der Waals surface area contributed by atoms with Gasteiger partial charge in [-0.1, -0.05) is 42.4 Å². The zero-order valence-electron chi connectivity index (χ0n) is 18.3. The van der Waals surface area contributed by atoms with Crippen molar-refractivity contribution in [2.24, 2.45) is 0 Å². The summed E-state index contributed by atoms with van der Waals surface area (Å²) in [6.45, 7) is 8.80. The standard InChI is InChI=1S/C22H26N4O3S2/c1-6-17-24-25-22(26(17)7-2)31-12-18(27)23-20-19(21(28)29-5)16(11-30-20)15-10-13(3)8-9-14(15)4/h8-11H,6-7,12H2,1-5H3,(H,23,27). The molecular formula is C22H26N4O3S2. The number of amides is 1. The Morgan fingerprint density at radius 3 is 2.65 bits per heavy atom. The van der Waals surface area contributed by atoms with Gasteiger partial charge in [0.15, 0.2) is 5.16 Å². The summed E-state index contributed by atoms with van der Waals surface area (Å²) in [5, 5.41) is 14.3. The molecule has 0 spiro atoms. The summed E-state index contributed by atoms with van der Waals surface area (Å²) in [5.41, 5.74) is 4.24. The number of thiophene rings is 1. The van der Waals surface area contributed by atoms with E-state index in [0.717, 1.165) is 41.0 Å². The fraction of sp³-hybridized carbons (Fsp3) is 0.364. The number of nitrogens with one attached hydrogen (secondary N) is 1. The molecule has 0 atom stereocenters. The number of benzene rings is 1. The van der Waals surface area contributed by atoms with Crippen LogP contribution in [-0.2, 0) is 22.5 Å². The molecule has 2 heterocycles. The third-order valence-electron chi connectivity index (χ3n) is 4.88. The molecule has 0 saturated carbocycles. The molecule has 0 unspecified atom stereocenters. The number of methoxy groups -OCH3 is 1. The van der Waals surface area contributed by atoms with Crippen molar-refractivity contribution in [3.8, 4) is 11.1 Å². The van der Waals surface area contributed by atoms with Gasteiger partial charge >= 0.3 is 5.97 Å². The van der Waals surface area contributed by atoms with Gasteiger partial charge in [-0.05, 0) is 31.9 Å². The fourth-order valence-corrected chi connectivity index (χ4v) is 5.06. The van der Waals surface area contributed by atoms with Crippen molar-refractivity contribution >= 4 is 40.0 Å². The third-order valence-corrected chi connectivity index (χ3v) is 6.74. The molecule has 0 radical (unpaired) electrons. The first-order valence-corrected chi connectivity index (χ1v) is 11.9. The lowest BCUT2D eigenvalue weighted by molar-refractivity contribution is -0.113. The van der Waals surface area contributed by atoms with Gasteiger partial charge in [-0.15, -0.1) is 21.5 Å². The van der Waals surface area contributed by atoms with Crippen LogP contribution in [0.4, 0.5) is 5.00 Å². The van der Waals surface area contributed by atoms with Gasteiger partial charge in [-0.3, -0.25) is 4.79 Å². The second kappa shape index (κ2) is 10.1. The molecule has 31 heavy (non-hydrogen) atoms. The Hall–Kier alpha value is -2.65. The number of carbonyl (C=O) groups is 2. The maximum absolute atomic E-state index is 12.7. The van der Waals surface area contributed by atoms with E-state index in [1.54, 1.807) is 0 Å². The minimum Gasteiger partial charge on any atom is -0.465 e. The zero-order chi connectivity index (χ0) is 22.5. The molecule has 0 aliphatic carbocycles. The van der Waals surface area contributed by atoms with Crippen LogP contribution in [0.3, 0.4) is 0 Å². The van der Waals surface area contributed by atoms with Crippen LogP contribution in [0.25, 0.3) is 11.1 Å². The van der Waals surface area contributed by atoms with E-state index < -0.39 is 5.97 Å². The van der Waals surface area contributed by atoms with Crippen molar-refractivity contribution in [3.05, 3.63) is 46.1 Å². The summed E-state index contributed by atoms with van der Waals surface area (Å²) in [4.78, 5) is 25.2. The van der Waals surface area contributed by atoms with E-state index >= 15 is 0 Å². The Bertz CT molecular complexity index is 1100. The van der Waals surface area contributed by atoms with Crippen LogP contribution in [0, 0.1) is 13.8 Å².